The molecule has 4 rings (SSSR count). The van der Waals surface area contributed by atoms with Crippen LogP contribution in [-0.4, -0.2) is 31.1 Å². The van der Waals surface area contributed by atoms with E-state index in [9.17, 15) is 14.4 Å². The quantitative estimate of drug-likeness (QED) is 0.262. The highest BCUT2D eigenvalue weighted by Crippen LogP contribution is 2.31. The molecule has 0 bridgehead atoms. The summed E-state index contributed by atoms with van der Waals surface area (Å²) in [6.07, 6.45) is 2.26. The number of imide groups is 2. The molecule has 1 heterocycles. The zero-order valence-corrected chi connectivity index (χ0v) is 21.8. The van der Waals surface area contributed by atoms with Gasteiger partial charge in [0.05, 0.1) is 18.9 Å². The molecule has 1 fully saturated rings. The average molecular weight is 535 g/mol. The molecular weight excluding hydrogens is 508 g/mol. The molecule has 3 aromatic rings. The van der Waals surface area contributed by atoms with Gasteiger partial charge in [0, 0.05) is 5.02 Å². The van der Waals surface area contributed by atoms with Crippen LogP contribution in [0.3, 0.4) is 0 Å². The minimum Gasteiger partial charge on any atom is -0.490 e. The Morgan fingerprint density at radius 3 is 2.29 bits per heavy atom. The van der Waals surface area contributed by atoms with Gasteiger partial charge in [0.15, 0.2) is 11.5 Å². The molecule has 0 atom stereocenters. The molecule has 0 aliphatic carbocycles. The molecule has 0 spiro atoms. The predicted octanol–water partition coefficient (Wildman–Crippen LogP) is 5.77. The lowest BCUT2D eigenvalue weighted by molar-refractivity contribution is -0.122. The number of anilines is 1. The monoisotopic (exact) mass is 534 g/mol. The van der Waals surface area contributed by atoms with Crippen LogP contribution in [0.1, 0.15) is 31.4 Å². The smallest absolute Gasteiger partial charge is 0.335 e. The molecule has 0 aromatic heterocycles. The van der Waals surface area contributed by atoms with Gasteiger partial charge in [-0.15, -0.1) is 0 Å². The lowest BCUT2D eigenvalue weighted by Crippen LogP contribution is -2.54. The average Bonchev–Trinajstić information content (AvgIpc) is 2.91. The van der Waals surface area contributed by atoms with Gasteiger partial charge in [-0.25, -0.2) is 9.69 Å². The Labute approximate surface area is 225 Å². The SMILES string of the molecule is CCCOc1ccc(/C=C2\C(=O)NC(=O)N(c3ccc(OCc4ccc(Cl)cc4)cc3)C2=O)cc1OCC. The second kappa shape index (κ2) is 12.3. The summed E-state index contributed by atoms with van der Waals surface area (Å²) >= 11 is 5.91. The summed E-state index contributed by atoms with van der Waals surface area (Å²) < 4.78 is 17.2. The van der Waals surface area contributed by atoms with Crippen molar-refractivity contribution in [3.63, 3.8) is 0 Å². The van der Waals surface area contributed by atoms with Gasteiger partial charge >= 0.3 is 6.03 Å². The number of hydrogen-bond donors (Lipinski definition) is 1. The van der Waals surface area contributed by atoms with Crippen LogP contribution in [-0.2, 0) is 16.2 Å². The molecule has 1 saturated heterocycles. The van der Waals surface area contributed by atoms with E-state index in [2.05, 4.69) is 5.32 Å². The van der Waals surface area contributed by atoms with Crippen LogP contribution in [0, 0.1) is 0 Å². The molecule has 1 N–H and O–H groups in total. The molecule has 0 radical (unpaired) electrons. The number of amides is 4. The first kappa shape index (κ1) is 26.8. The number of benzene rings is 3. The maximum Gasteiger partial charge on any atom is 0.335 e. The van der Waals surface area contributed by atoms with Crippen LogP contribution in [0.15, 0.2) is 72.3 Å². The summed E-state index contributed by atoms with van der Waals surface area (Å²) in [6.45, 7) is 5.13. The highest BCUT2D eigenvalue weighted by atomic mass is 35.5. The standard InChI is InChI=1S/C29H27ClN2O6/c1-3-15-37-25-14-7-20(17-26(25)36-4-2)16-24-27(33)31-29(35)32(28(24)34)22-10-12-23(13-11-22)38-18-19-5-8-21(30)9-6-19/h5-14,16-17H,3-4,15,18H2,1-2H3,(H,31,33,35)/b24-16+. The zero-order valence-electron chi connectivity index (χ0n) is 21.0. The Kier molecular flexibility index (Phi) is 8.66. The van der Waals surface area contributed by atoms with E-state index < -0.39 is 17.8 Å². The van der Waals surface area contributed by atoms with E-state index in [1.54, 1.807) is 54.6 Å². The lowest BCUT2D eigenvalue weighted by atomic mass is 10.1. The summed E-state index contributed by atoms with van der Waals surface area (Å²) in [5, 5.41) is 2.88. The minimum absolute atomic E-state index is 0.183. The normalized spacial score (nSPS) is 14.4. The van der Waals surface area contributed by atoms with Crippen LogP contribution in [0.25, 0.3) is 6.08 Å². The Bertz CT molecular complexity index is 1350. The number of urea groups is 1. The molecule has 0 unspecified atom stereocenters. The third kappa shape index (κ3) is 6.33. The number of carbonyl (C=O) groups excluding carboxylic acids is 3. The van der Waals surface area contributed by atoms with Crippen molar-refractivity contribution in [1.82, 2.24) is 5.32 Å². The van der Waals surface area contributed by atoms with Crippen molar-refractivity contribution in [3.05, 3.63) is 88.5 Å². The van der Waals surface area contributed by atoms with Gasteiger partial charge in [0.2, 0.25) is 0 Å². The summed E-state index contributed by atoms with van der Waals surface area (Å²) in [5.74, 6) is 0.113. The fourth-order valence-corrected chi connectivity index (χ4v) is 3.84. The summed E-state index contributed by atoms with van der Waals surface area (Å²) in [6, 6.07) is 18.0. The lowest BCUT2D eigenvalue weighted by Gasteiger charge is -2.26. The molecule has 3 aromatic carbocycles. The van der Waals surface area contributed by atoms with Crippen molar-refractivity contribution in [2.45, 2.75) is 26.9 Å². The Hall–Kier alpha value is -4.30. The fraction of sp³-hybridized carbons (Fsp3) is 0.207. The molecule has 196 valence electrons. The molecule has 1 aliphatic rings. The second-order valence-corrected chi connectivity index (χ2v) is 8.79. The van der Waals surface area contributed by atoms with Gasteiger partial charge in [0.1, 0.15) is 17.9 Å². The predicted molar refractivity (Wildman–Crippen MR) is 145 cm³/mol. The van der Waals surface area contributed by atoms with E-state index in [0.717, 1.165) is 16.9 Å². The van der Waals surface area contributed by atoms with E-state index >= 15 is 0 Å². The van der Waals surface area contributed by atoms with Gasteiger partial charge in [-0.1, -0.05) is 36.7 Å². The fourth-order valence-electron chi connectivity index (χ4n) is 3.71. The van der Waals surface area contributed by atoms with E-state index in [0.29, 0.717) is 53.3 Å². The molecule has 1 aliphatic heterocycles. The van der Waals surface area contributed by atoms with Gasteiger partial charge in [0.25, 0.3) is 11.8 Å². The van der Waals surface area contributed by atoms with Crippen LogP contribution >= 0.6 is 11.6 Å². The first-order valence-corrected chi connectivity index (χ1v) is 12.6. The Balaban J connectivity index is 1.53. The van der Waals surface area contributed by atoms with E-state index in [1.807, 2.05) is 26.0 Å². The number of rotatable bonds is 10. The number of nitrogens with zero attached hydrogens (tertiary/aromatic N) is 1. The Morgan fingerprint density at radius 2 is 1.61 bits per heavy atom. The summed E-state index contributed by atoms with van der Waals surface area (Å²) in [7, 11) is 0. The van der Waals surface area contributed by atoms with E-state index in [1.165, 1.54) is 6.08 Å². The van der Waals surface area contributed by atoms with Crippen LogP contribution in [0.5, 0.6) is 17.2 Å². The molecule has 9 heteroatoms. The molecule has 8 nitrogen and oxygen atoms in total. The summed E-state index contributed by atoms with van der Waals surface area (Å²) in [4.78, 5) is 39.4. The van der Waals surface area contributed by atoms with Crippen molar-refractivity contribution in [1.29, 1.82) is 0 Å². The molecular formula is C29H27ClN2O6. The molecule has 4 amide bonds. The van der Waals surface area contributed by atoms with Gasteiger partial charge in [-0.05, 0) is 79.1 Å². The maximum atomic E-state index is 13.3. The van der Waals surface area contributed by atoms with Crippen molar-refractivity contribution in [2.24, 2.45) is 0 Å². The van der Waals surface area contributed by atoms with Crippen molar-refractivity contribution < 1.29 is 28.6 Å². The highest BCUT2D eigenvalue weighted by molar-refractivity contribution is 6.39. The Morgan fingerprint density at radius 1 is 0.868 bits per heavy atom. The third-order valence-corrected chi connectivity index (χ3v) is 5.81. The first-order valence-electron chi connectivity index (χ1n) is 12.2. The number of carbonyl (C=O) groups is 3. The van der Waals surface area contributed by atoms with Crippen molar-refractivity contribution in [2.75, 3.05) is 18.1 Å². The largest absolute Gasteiger partial charge is 0.490 e. The number of nitrogens with one attached hydrogen (secondary N) is 1. The van der Waals surface area contributed by atoms with Crippen molar-refractivity contribution in [3.8, 4) is 17.2 Å². The first-order chi connectivity index (χ1) is 18.4. The van der Waals surface area contributed by atoms with Gasteiger partial charge in [-0.2, -0.15) is 0 Å². The number of ether oxygens (including phenoxy) is 3. The van der Waals surface area contributed by atoms with E-state index in [4.69, 9.17) is 25.8 Å². The van der Waals surface area contributed by atoms with Crippen LogP contribution in [0.4, 0.5) is 10.5 Å². The zero-order chi connectivity index (χ0) is 27.1. The maximum absolute atomic E-state index is 13.3. The topological polar surface area (TPSA) is 94.2 Å². The van der Waals surface area contributed by atoms with Crippen molar-refractivity contribution >= 4 is 41.2 Å². The number of hydrogen-bond acceptors (Lipinski definition) is 6. The highest BCUT2D eigenvalue weighted by Gasteiger charge is 2.36. The second-order valence-electron chi connectivity index (χ2n) is 8.35. The molecule has 0 saturated carbocycles. The van der Waals surface area contributed by atoms with Gasteiger partial charge in [-0.3, -0.25) is 14.9 Å². The third-order valence-electron chi connectivity index (χ3n) is 5.56. The van der Waals surface area contributed by atoms with Gasteiger partial charge < -0.3 is 14.2 Å². The number of halogens is 1. The minimum atomic E-state index is -0.828. The van der Waals surface area contributed by atoms with Crippen LogP contribution in [0.2, 0.25) is 5.02 Å². The van der Waals surface area contributed by atoms with Crippen LogP contribution < -0.4 is 24.4 Å². The molecule has 38 heavy (non-hydrogen) atoms. The number of barbiturate groups is 1. The summed E-state index contributed by atoms with van der Waals surface area (Å²) in [5.41, 5.74) is 1.60. The van der Waals surface area contributed by atoms with E-state index in [-0.39, 0.29) is 5.57 Å².